The summed E-state index contributed by atoms with van der Waals surface area (Å²) < 4.78 is 7.54. The van der Waals surface area contributed by atoms with E-state index in [-0.39, 0.29) is 18.6 Å². The van der Waals surface area contributed by atoms with Crippen LogP contribution in [0, 0.1) is 23.7 Å². The molecule has 1 N–H and O–H groups in total. The van der Waals surface area contributed by atoms with Crippen LogP contribution in [-0.4, -0.2) is 21.7 Å². The number of benzene rings is 1. The summed E-state index contributed by atoms with van der Waals surface area (Å²) in [6, 6.07) is 5.53. The van der Waals surface area contributed by atoms with Gasteiger partial charge in [0.2, 0.25) is 5.88 Å². The van der Waals surface area contributed by atoms with E-state index >= 15 is 0 Å². The van der Waals surface area contributed by atoms with Gasteiger partial charge in [-0.1, -0.05) is 23.2 Å². The van der Waals surface area contributed by atoms with Gasteiger partial charge in [-0.3, -0.25) is 4.79 Å². The number of rotatable bonds is 5. The van der Waals surface area contributed by atoms with Gasteiger partial charge in [0.25, 0.3) is 5.91 Å². The largest absolute Gasteiger partial charge is 0.472 e. The molecule has 0 spiro atoms. The van der Waals surface area contributed by atoms with E-state index in [9.17, 15) is 4.79 Å². The second kappa shape index (κ2) is 7.51. The molecule has 0 unspecified atom stereocenters. The minimum atomic E-state index is -0.0947. The molecule has 1 heterocycles. The van der Waals surface area contributed by atoms with Crippen LogP contribution in [0.2, 0.25) is 10.0 Å². The van der Waals surface area contributed by atoms with Gasteiger partial charge in [0.1, 0.15) is 12.2 Å². The number of ether oxygens (including phenoxy) is 1. The first-order valence-corrected chi connectivity index (χ1v) is 11.1. The number of hydrogen-bond acceptors (Lipinski definition) is 3. The molecule has 1 aromatic heterocycles. The molecule has 5 nitrogen and oxygen atoms in total. The summed E-state index contributed by atoms with van der Waals surface area (Å²) in [4.78, 5) is 13.1. The van der Waals surface area contributed by atoms with Gasteiger partial charge in [0.05, 0.1) is 6.20 Å². The first-order chi connectivity index (χ1) is 14.0. The zero-order chi connectivity index (χ0) is 20.1. The molecule has 1 aromatic carbocycles. The molecule has 0 saturated heterocycles. The highest BCUT2D eigenvalue weighted by atomic mass is 35.5. The predicted octanol–water partition coefficient (Wildman–Crippen LogP) is 4.86. The van der Waals surface area contributed by atoms with Crippen LogP contribution in [0.25, 0.3) is 0 Å². The molecular weight excluding hydrogens is 409 g/mol. The van der Waals surface area contributed by atoms with Gasteiger partial charge in [0, 0.05) is 28.7 Å². The Morgan fingerprint density at radius 3 is 2.55 bits per heavy atom. The summed E-state index contributed by atoms with van der Waals surface area (Å²) in [6.45, 7) is 0.219. The first kappa shape index (κ1) is 19.3. The second-order valence-corrected chi connectivity index (χ2v) is 9.79. The maximum Gasteiger partial charge on any atom is 0.258 e. The van der Waals surface area contributed by atoms with Crippen LogP contribution in [0.15, 0.2) is 24.4 Å². The highest BCUT2D eigenvalue weighted by molar-refractivity contribution is 6.33. The van der Waals surface area contributed by atoms with E-state index < -0.39 is 0 Å². The highest BCUT2D eigenvalue weighted by Gasteiger charge is 2.48. The monoisotopic (exact) mass is 433 g/mol. The van der Waals surface area contributed by atoms with Gasteiger partial charge in [-0.15, -0.1) is 0 Å². The zero-order valence-electron chi connectivity index (χ0n) is 16.4. The number of halogens is 2. The molecule has 4 aliphatic carbocycles. The van der Waals surface area contributed by atoms with Crippen molar-refractivity contribution in [1.82, 2.24) is 15.1 Å². The maximum atomic E-state index is 13.1. The number of nitrogens with zero attached hydrogens (tertiary/aromatic N) is 2. The van der Waals surface area contributed by atoms with Crippen molar-refractivity contribution < 1.29 is 9.53 Å². The maximum absolute atomic E-state index is 13.1. The fourth-order valence-corrected chi connectivity index (χ4v) is 6.31. The van der Waals surface area contributed by atoms with E-state index in [2.05, 4.69) is 10.4 Å². The number of aryl methyl sites for hydroxylation is 1. The standard InChI is InChI=1S/C22H25Cl2N3O2/c1-27-22(29-11-16-9-17(23)2-3-19(16)24)18(10-25-27)21(28)26-20-14-5-12-4-13(7-14)8-15(20)6-12/h2-3,9-10,12-15,20H,4-8,11H2,1H3,(H,26,28). The van der Waals surface area contributed by atoms with Crippen LogP contribution in [0.3, 0.4) is 0 Å². The predicted molar refractivity (Wildman–Crippen MR) is 112 cm³/mol. The molecule has 4 saturated carbocycles. The van der Waals surface area contributed by atoms with Gasteiger partial charge < -0.3 is 10.1 Å². The SMILES string of the molecule is Cn1ncc(C(=O)NC2C3CC4CC(C3)CC2C4)c1OCc1cc(Cl)ccc1Cl. The quantitative estimate of drug-likeness (QED) is 0.731. The fourth-order valence-electron chi connectivity index (χ4n) is 5.94. The minimum absolute atomic E-state index is 0.0947. The van der Waals surface area contributed by atoms with E-state index in [0.29, 0.717) is 33.3 Å². The Kier molecular flexibility index (Phi) is 4.99. The molecule has 4 fully saturated rings. The van der Waals surface area contributed by atoms with Gasteiger partial charge in [-0.25, -0.2) is 4.68 Å². The van der Waals surface area contributed by atoms with Gasteiger partial charge in [0.15, 0.2) is 0 Å². The van der Waals surface area contributed by atoms with E-state index in [1.807, 2.05) is 0 Å². The van der Waals surface area contributed by atoms with Crippen LogP contribution >= 0.6 is 23.2 Å². The smallest absolute Gasteiger partial charge is 0.258 e. The Hall–Kier alpha value is -1.72. The van der Waals surface area contributed by atoms with Crippen molar-refractivity contribution in [3.05, 3.63) is 45.6 Å². The van der Waals surface area contributed by atoms with Crippen molar-refractivity contribution in [1.29, 1.82) is 0 Å². The number of nitrogens with one attached hydrogen (secondary N) is 1. The van der Waals surface area contributed by atoms with Gasteiger partial charge >= 0.3 is 0 Å². The van der Waals surface area contributed by atoms with E-state index in [0.717, 1.165) is 17.4 Å². The lowest BCUT2D eigenvalue weighted by molar-refractivity contribution is -0.0120. The molecule has 1 amide bonds. The lowest BCUT2D eigenvalue weighted by Gasteiger charge is -2.54. The molecule has 4 bridgehead atoms. The Balaban J connectivity index is 1.30. The van der Waals surface area contributed by atoms with Crippen molar-refractivity contribution in [3.8, 4) is 5.88 Å². The summed E-state index contributed by atoms with van der Waals surface area (Å²) in [5.41, 5.74) is 1.24. The molecule has 4 aliphatic rings. The number of amides is 1. The molecule has 154 valence electrons. The zero-order valence-corrected chi connectivity index (χ0v) is 17.9. The van der Waals surface area contributed by atoms with E-state index in [1.54, 1.807) is 36.1 Å². The third kappa shape index (κ3) is 3.64. The highest BCUT2D eigenvalue weighted by Crippen LogP contribution is 2.53. The van der Waals surface area contributed by atoms with E-state index in [1.165, 1.54) is 32.1 Å². The number of carbonyl (C=O) groups excluding carboxylic acids is 1. The Bertz CT molecular complexity index is 914. The number of hydrogen-bond donors (Lipinski definition) is 1. The summed E-state index contributed by atoms with van der Waals surface area (Å²) in [5.74, 6) is 3.36. The topological polar surface area (TPSA) is 56.2 Å². The Morgan fingerprint density at radius 2 is 1.86 bits per heavy atom. The van der Waals surface area contributed by atoms with Crippen LogP contribution < -0.4 is 10.1 Å². The van der Waals surface area contributed by atoms with Crippen LogP contribution in [0.4, 0.5) is 0 Å². The van der Waals surface area contributed by atoms with Crippen LogP contribution in [0.5, 0.6) is 5.88 Å². The molecule has 6 rings (SSSR count). The summed E-state index contributed by atoms with van der Waals surface area (Å²) in [7, 11) is 1.77. The third-order valence-electron chi connectivity index (χ3n) is 7.03. The van der Waals surface area contributed by atoms with Crippen LogP contribution in [-0.2, 0) is 13.7 Å². The van der Waals surface area contributed by atoms with E-state index in [4.69, 9.17) is 27.9 Å². The third-order valence-corrected chi connectivity index (χ3v) is 7.63. The van der Waals surface area contributed by atoms with Crippen LogP contribution in [0.1, 0.15) is 48.0 Å². The average Bonchev–Trinajstić information content (AvgIpc) is 3.05. The molecular formula is C22H25Cl2N3O2. The number of carbonyl (C=O) groups is 1. The molecule has 0 aliphatic heterocycles. The van der Waals surface area contributed by atoms with Crippen molar-refractivity contribution in [3.63, 3.8) is 0 Å². The summed E-state index contributed by atoms with van der Waals surface area (Å²) in [6.07, 6.45) is 8.05. The summed E-state index contributed by atoms with van der Waals surface area (Å²) in [5, 5.41) is 8.75. The molecule has 2 aromatic rings. The lowest BCUT2D eigenvalue weighted by Crippen LogP contribution is -2.55. The first-order valence-electron chi connectivity index (χ1n) is 10.4. The van der Waals surface area contributed by atoms with Crippen molar-refractivity contribution >= 4 is 29.1 Å². The van der Waals surface area contributed by atoms with Crippen molar-refractivity contribution in [2.24, 2.45) is 30.7 Å². The van der Waals surface area contributed by atoms with Gasteiger partial charge in [-0.05, 0) is 74.0 Å². The Labute approximate surface area is 180 Å². The molecule has 29 heavy (non-hydrogen) atoms. The second-order valence-electron chi connectivity index (χ2n) is 8.94. The average molecular weight is 434 g/mol. The Morgan fingerprint density at radius 1 is 1.17 bits per heavy atom. The minimum Gasteiger partial charge on any atom is -0.472 e. The lowest BCUT2D eigenvalue weighted by atomic mass is 9.54. The van der Waals surface area contributed by atoms with Crippen molar-refractivity contribution in [2.45, 2.75) is 44.8 Å². The normalized spacial score (nSPS) is 29.8. The number of aromatic nitrogens is 2. The van der Waals surface area contributed by atoms with Gasteiger partial charge in [-0.2, -0.15) is 5.10 Å². The molecule has 0 atom stereocenters. The van der Waals surface area contributed by atoms with Crippen molar-refractivity contribution in [2.75, 3.05) is 0 Å². The molecule has 7 heteroatoms. The summed E-state index contributed by atoms with van der Waals surface area (Å²) >= 11 is 12.3. The molecule has 0 radical (unpaired) electrons. The fraction of sp³-hybridized carbons (Fsp3) is 0.545.